The Morgan fingerprint density at radius 1 is 0.720 bits per heavy atom. The summed E-state index contributed by atoms with van der Waals surface area (Å²) in [6, 6.07) is 30.1. The van der Waals surface area contributed by atoms with Gasteiger partial charge in [-0.25, -0.2) is 0 Å². The Balaban J connectivity index is 1.80. The number of nitriles is 1. The molecule has 0 aromatic heterocycles. The van der Waals surface area contributed by atoms with E-state index >= 15 is 0 Å². The van der Waals surface area contributed by atoms with E-state index in [-0.39, 0.29) is 0 Å². The van der Waals surface area contributed by atoms with Gasteiger partial charge in [-0.1, -0.05) is 78.9 Å². The molecule has 1 N–H and O–H groups in total. The van der Waals surface area contributed by atoms with Gasteiger partial charge in [0.25, 0.3) is 0 Å². The average Bonchev–Trinajstić information content (AvgIpc) is 2.68. The van der Waals surface area contributed by atoms with Crippen LogP contribution in [0.1, 0.15) is 23.1 Å². The molecule has 2 atom stereocenters. The Morgan fingerprint density at radius 3 is 2.20 bits per heavy atom. The summed E-state index contributed by atoms with van der Waals surface area (Å²) in [6.07, 6.45) is -0.875. The molecule has 120 valence electrons. The summed E-state index contributed by atoms with van der Waals surface area (Å²) in [7, 11) is 0. The fourth-order valence-electron chi connectivity index (χ4n) is 3.42. The Labute approximate surface area is 146 Å². The summed E-state index contributed by atoms with van der Waals surface area (Å²) < 4.78 is 0. The molecule has 0 fully saturated rings. The molecule has 0 aliphatic heterocycles. The van der Waals surface area contributed by atoms with E-state index < -0.39 is 12.0 Å². The highest BCUT2D eigenvalue weighted by Gasteiger charge is 2.24. The molecule has 0 aliphatic carbocycles. The molecule has 0 spiro atoms. The Bertz CT molecular complexity index is 1090. The molecule has 0 saturated heterocycles. The molecule has 0 saturated carbocycles. The van der Waals surface area contributed by atoms with Gasteiger partial charge in [0, 0.05) is 0 Å². The number of hydrogen-bond acceptors (Lipinski definition) is 2. The van der Waals surface area contributed by atoms with Crippen molar-refractivity contribution < 1.29 is 5.11 Å². The topological polar surface area (TPSA) is 44.0 Å². The molecule has 0 aliphatic rings. The summed E-state index contributed by atoms with van der Waals surface area (Å²) in [5.74, 6) is -0.618. The summed E-state index contributed by atoms with van der Waals surface area (Å²) in [6.45, 7) is 0. The van der Waals surface area contributed by atoms with Crippen LogP contribution in [0.3, 0.4) is 0 Å². The molecular weight excluding hydrogens is 306 g/mol. The number of hydrogen-bond donors (Lipinski definition) is 1. The van der Waals surface area contributed by atoms with E-state index in [1.54, 1.807) is 0 Å². The maximum absolute atomic E-state index is 10.9. The first kappa shape index (κ1) is 15.4. The van der Waals surface area contributed by atoms with E-state index in [1.807, 2.05) is 84.9 Å². The Hall–Kier alpha value is -3.15. The van der Waals surface area contributed by atoms with Crippen LogP contribution in [-0.2, 0) is 0 Å². The monoisotopic (exact) mass is 323 g/mol. The van der Waals surface area contributed by atoms with Gasteiger partial charge in [0.1, 0.15) is 5.92 Å². The minimum absolute atomic E-state index is 0.618. The molecule has 2 nitrogen and oxygen atoms in total. The van der Waals surface area contributed by atoms with Crippen LogP contribution in [-0.4, -0.2) is 5.11 Å². The number of fused-ring (bicyclic) bond motifs is 2. The van der Waals surface area contributed by atoms with Gasteiger partial charge < -0.3 is 5.11 Å². The van der Waals surface area contributed by atoms with Crippen LogP contribution in [0, 0.1) is 11.3 Å². The zero-order valence-corrected chi connectivity index (χ0v) is 13.6. The largest absolute Gasteiger partial charge is 0.387 e. The lowest BCUT2D eigenvalue weighted by molar-refractivity contribution is 0.165. The number of rotatable bonds is 3. The van der Waals surface area contributed by atoms with Crippen LogP contribution in [0.15, 0.2) is 84.9 Å². The van der Waals surface area contributed by atoms with Crippen LogP contribution in [0.25, 0.3) is 21.5 Å². The molecule has 0 unspecified atom stereocenters. The normalized spacial score (nSPS) is 13.4. The molecule has 4 aromatic carbocycles. The van der Waals surface area contributed by atoms with Crippen LogP contribution >= 0.6 is 0 Å². The molecule has 0 bridgehead atoms. The van der Waals surface area contributed by atoms with Gasteiger partial charge in [0.05, 0.1) is 12.2 Å². The molecule has 4 aromatic rings. The van der Waals surface area contributed by atoms with Crippen LogP contribution in [0.4, 0.5) is 0 Å². The molecule has 0 amide bonds. The molecule has 0 heterocycles. The van der Waals surface area contributed by atoms with Gasteiger partial charge in [-0.3, -0.25) is 0 Å². The molecule has 0 radical (unpaired) electrons. The summed E-state index contributed by atoms with van der Waals surface area (Å²) in [4.78, 5) is 0. The van der Waals surface area contributed by atoms with Crippen molar-refractivity contribution in [1.82, 2.24) is 0 Å². The fraction of sp³-hybridized carbons (Fsp3) is 0.0870. The quantitative estimate of drug-likeness (QED) is 0.553. The Kier molecular flexibility index (Phi) is 3.93. The van der Waals surface area contributed by atoms with E-state index in [0.29, 0.717) is 0 Å². The van der Waals surface area contributed by atoms with Crippen molar-refractivity contribution in [2.24, 2.45) is 0 Å². The van der Waals surface area contributed by atoms with Crippen LogP contribution in [0.5, 0.6) is 0 Å². The number of nitrogens with zero attached hydrogens (tertiary/aromatic N) is 1. The zero-order valence-electron chi connectivity index (χ0n) is 13.6. The van der Waals surface area contributed by atoms with Gasteiger partial charge >= 0.3 is 0 Å². The predicted molar refractivity (Wildman–Crippen MR) is 101 cm³/mol. The van der Waals surface area contributed by atoms with E-state index in [0.717, 1.165) is 32.7 Å². The molecule has 25 heavy (non-hydrogen) atoms. The highest BCUT2D eigenvalue weighted by Crippen LogP contribution is 2.35. The lowest BCUT2D eigenvalue weighted by atomic mass is 9.87. The lowest BCUT2D eigenvalue weighted by Crippen LogP contribution is -2.09. The standard InChI is InChI=1S/C23H17NO/c24-15-22(21-11-5-9-17-7-3-4-10-20(17)21)23(25)19-13-12-16-6-1-2-8-18(16)14-19/h1-14,22-23,25H/t22-,23+/m1/s1. The number of benzene rings is 4. The van der Waals surface area contributed by atoms with Crippen molar-refractivity contribution in [2.45, 2.75) is 12.0 Å². The van der Waals surface area contributed by atoms with Gasteiger partial charge in [-0.15, -0.1) is 0 Å². The van der Waals surface area contributed by atoms with Crippen molar-refractivity contribution in [2.75, 3.05) is 0 Å². The average molecular weight is 323 g/mol. The second kappa shape index (κ2) is 6.39. The smallest absolute Gasteiger partial charge is 0.102 e. The first-order chi connectivity index (χ1) is 12.3. The van der Waals surface area contributed by atoms with Gasteiger partial charge in [-0.05, 0) is 38.7 Å². The van der Waals surface area contributed by atoms with Gasteiger partial charge in [0.15, 0.2) is 0 Å². The third-order valence-electron chi connectivity index (χ3n) is 4.73. The van der Waals surface area contributed by atoms with Crippen molar-refractivity contribution in [3.8, 4) is 6.07 Å². The molecule has 2 heteroatoms. The minimum atomic E-state index is -0.875. The first-order valence-electron chi connectivity index (χ1n) is 8.32. The maximum atomic E-state index is 10.9. The third-order valence-corrected chi connectivity index (χ3v) is 4.73. The maximum Gasteiger partial charge on any atom is 0.102 e. The predicted octanol–water partition coefficient (Wildman–Crippen LogP) is 5.33. The second-order valence-corrected chi connectivity index (χ2v) is 6.23. The van der Waals surface area contributed by atoms with E-state index in [1.165, 1.54) is 0 Å². The number of aliphatic hydroxyl groups excluding tert-OH is 1. The van der Waals surface area contributed by atoms with Gasteiger partial charge in [-0.2, -0.15) is 5.26 Å². The van der Waals surface area contributed by atoms with Gasteiger partial charge in [0.2, 0.25) is 0 Å². The van der Waals surface area contributed by atoms with Crippen LogP contribution in [0.2, 0.25) is 0 Å². The summed E-state index contributed by atoms with van der Waals surface area (Å²) >= 11 is 0. The van der Waals surface area contributed by atoms with Crippen molar-refractivity contribution in [3.63, 3.8) is 0 Å². The van der Waals surface area contributed by atoms with E-state index in [9.17, 15) is 10.4 Å². The first-order valence-corrected chi connectivity index (χ1v) is 8.32. The lowest BCUT2D eigenvalue weighted by Gasteiger charge is -2.19. The highest BCUT2D eigenvalue weighted by atomic mass is 16.3. The third kappa shape index (κ3) is 2.76. The van der Waals surface area contributed by atoms with E-state index in [4.69, 9.17) is 0 Å². The van der Waals surface area contributed by atoms with Crippen molar-refractivity contribution >= 4 is 21.5 Å². The SMILES string of the molecule is N#C[C@H](c1cccc2ccccc12)[C@@H](O)c1ccc2ccccc2c1. The minimum Gasteiger partial charge on any atom is -0.387 e. The molecular formula is C23H17NO. The van der Waals surface area contributed by atoms with E-state index in [2.05, 4.69) is 6.07 Å². The zero-order chi connectivity index (χ0) is 17.2. The van der Waals surface area contributed by atoms with Crippen LogP contribution < -0.4 is 0 Å². The van der Waals surface area contributed by atoms with Crippen molar-refractivity contribution in [3.05, 3.63) is 96.1 Å². The summed E-state index contributed by atoms with van der Waals surface area (Å²) in [5, 5.41) is 25.0. The Morgan fingerprint density at radius 2 is 1.40 bits per heavy atom. The highest BCUT2D eigenvalue weighted by molar-refractivity contribution is 5.87. The second-order valence-electron chi connectivity index (χ2n) is 6.23. The molecule has 4 rings (SSSR count). The van der Waals surface area contributed by atoms with Crippen molar-refractivity contribution in [1.29, 1.82) is 5.26 Å². The number of aliphatic hydroxyl groups is 1. The summed E-state index contributed by atoms with van der Waals surface area (Å²) in [5.41, 5.74) is 1.62. The fourth-order valence-corrected chi connectivity index (χ4v) is 3.42.